The van der Waals surface area contributed by atoms with Crippen molar-refractivity contribution in [2.75, 3.05) is 0 Å². The number of hydrogen-bond donors (Lipinski definition) is 1. The molecule has 3 heteroatoms. The highest BCUT2D eigenvalue weighted by Gasteiger charge is 2.09. The lowest BCUT2D eigenvalue weighted by atomic mass is 10.4. The zero-order chi connectivity index (χ0) is 12.4. The van der Waals surface area contributed by atoms with Crippen molar-refractivity contribution in [1.29, 1.82) is 0 Å². The molecular weight excluding hydrogens is 118 g/mol. The molecule has 1 atom stereocenters. The first-order chi connectivity index (χ1) is 6.46. The predicted octanol–water partition coefficient (Wildman–Crippen LogP) is 0.285. The summed E-state index contributed by atoms with van der Waals surface area (Å²) < 4.78 is 46.0. The van der Waals surface area contributed by atoms with E-state index >= 15 is 0 Å². The number of carbonyl (C=O) groups is 1. The molecule has 0 fully saturated rings. The SMILES string of the molecule is [2H]C([2H])([2H])C(OC(=O)[C@H](C)N)C([2H])([2H])[2H]. The van der Waals surface area contributed by atoms with Gasteiger partial charge >= 0.3 is 5.97 Å². The molecule has 0 rings (SSSR count). The number of nitrogens with two attached hydrogens (primary N) is 1. The Hall–Kier alpha value is -0.570. The summed E-state index contributed by atoms with van der Waals surface area (Å²) in [4.78, 5) is 11.0. The van der Waals surface area contributed by atoms with Gasteiger partial charge in [-0.2, -0.15) is 0 Å². The summed E-state index contributed by atoms with van der Waals surface area (Å²) in [6.07, 6.45) is -2.14. The maximum absolute atomic E-state index is 11.0. The van der Waals surface area contributed by atoms with Crippen molar-refractivity contribution in [3.8, 4) is 0 Å². The van der Waals surface area contributed by atoms with Crippen LogP contribution < -0.4 is 5.73 Å². The molecule has 0 spiro atoms. The van der Waals surface area contributed by atoms with Crippen molar-refractivity contribution in [1.82, 2.24) is 0 Å². The Morgan fingerprint density at radius 3 is 2.67 bits per heavy atom. The number of rotatable bonds is 2. The van der Waals surface area contributed by atoms with Gasteiger partial charge in [0, 0.05) is 8.22 Å². The monoisotopic (exact) mass is 137 g/mol. The van der Waals surface area contributed by atoms with Gasteiger partial charge in [-0.25, -0.2) is 0 Å². The molecule has 54 valence electrons. The molecule has 2 N–H and O–H groups in total. The van der Waals surface area contributed by atoms with Crippen molar-refractivity contribution in [3.05, 3.63) is 0 Å². The molecule has 0 heterocycles. The zero-order valence-electron chi connectivity index (χ0n) is 11.0. The molecule has 9 heavy (non-hydrogen) atoms. The number of carbonyl (C=O) groups excluding carboxylic acids is 1. The highest BCUT2D eigenvalue weighted by molar-refractivity contribution is 5.74. The maximum atomic E-state index is 11.0. The largest absolute Gasteiger partial charge is 0.462 e. The second-order valence-corrected chi connectivity index (χ2v) is 1.61. The standard InChI is InChI=1S/C6H13NO2/c1-4(2)9-6(8)5(3)7/h4-5H,7H2,1-3H3/t5-/m0/s1/i1D3,2D3. The first-order valence-electron chi connectivity index (χ1n) is 5.42. The fourth-order valence-electron chi connectivity index (χ4n) is 0.223. The number of ether oxygens (including phenoxy) is 1. The molecule has 0 aliphatic rings. The van der Waals surface area contributed by atoms with E-state index in [9.17, 15) is 4.79 Å². The van der Waals surface area contributed by atoms with E-state index in [0.717, 1.165) is 0 Å². The van der Waals surface area contributed by atoms with Gasteiger partial charge in [0.15, 0.2) is 0 Å². The van der Waals surface area contributed by atoms with Gasteiger partial charge in [-0.3, -0.25) is 4.79 Å². The molecule has 0 aromatic carbocycles. The van der Waals surface area contributed by atoms with Crippen LogP contribution in [0.4, 0.5) is 0 Å². The third kappa shape index (κ3) is 3.97. The zero-order valence-corrected chi connectivity index (χ0v) is 5.05. The van der Waals surface area contributed by atoms with Gasteiger partial charge in [-0.05, 0) is 20.6 Å². The van der Waals surface area contributed by atoms with Crippen LogP contribution in [-0.4, -0.2) is 18.1 Å². The Kier molecular flexibility index (Phi) is 0.990. The third-order valence-corrected chi connectivity index (χ3v) is 0.606. The van der Waals surface area contributed by atoms with Crippen molar-refractivity contribution in [3.63, 3.8) is 0 Å². The highest BCUT2D eigenvalue weighted by atomic mass is 16.5. The van der Waals surface area contributed by atoms with E-state index < -0.39 is 31.8 Å². The van der Waals surface area contributed by atoms with Gasteiger partial charge in [0.1, 0.15) is 6.04 Å². The second-order valence-electron chi connectivity index (χ2n) is 1.61. The minimum atomic E-state index is -2.89. The first kappa shape index (κ1) is 2.58. The van der Waals surface area contributed by atoms with Crippen LogP contribution in [0.3, 0.4) is 0 Å². The van der Waals surface area contributed by atoms with E-state index in [1.807, 2.05) is 0 Å². The Bertz CT molecular complexity index is 219. The van der Waals surface area contributed by atoms with Crippen LogP contribution in [0.15, 0.2) is 0 Å². The molecule has 0 unspecified atom stereocenters. The molecular formula is C6H13NO2. The molecule has 0 amide bonds. The summed E-state index contributed by atoms with van der Waals surface area (Å²) in [5, 5.41) is 0. The molecule has 3 nitrogen and oxygen atoms in total. The summed E-state index contributed by atoms with van der Waals surface area (Å²) in [5.41, 5.74) is 5.13. The minimum absolute atomic E-state index is 1.05. The summed E-state index contributed by atoms with van der Waals surface area (Å²) in [6.45, 7) is -4.51. The lowest BCUT2D eigenvalue weighted by molar-refractivity contribution is -0.148. The van der Waals surface area contributed by atoms with Gasteiger partial charge in [0.25, 0.3) is 0 Å². The van der Waals surface area contributed by atoms with Crippen molar-refractivity contribution >= 4 is 5.97 Å². The van der Waals surface area contributed by atoms with E-state index in [-0.39, 0.29) is 0 Å². The van der Waals surface area contributed by atoms with Crippen LogP contribution in [-0.2, 0) is 9.53 Å². The molecule has 0 saturated heterocycles. The van der Waals surface area contributed by atoms with Crippen LogP contribution in [0, 0.1) is 0 Å². The maximum Gasteiger partial charge on any atom is 0.322 e. The normalized spacial score (nSPS) is 26.1. The first-order valence-corrected chi connectivity index (χ1v) is 2.42. The highest BCUT2D eigenvalue weighted by Crippen LogP contribution is 1.90. The average molecular weight is 137 g/mol. The van der Waals surface area contributed by atoms with Gasteiger partial charge < -0.3 is 10.5 Å². The molecule has 0 saturated carbocycles. The molecule has 0 bridgehead atoms. The summed E-state index contributed by atoms with van der Waals surface area (Å²) in [7, 11) is 0. The van der Waals surface area contributed by atoms with Crippen molar-refractivity contribution in [2.45, 2.75) is 32.8 Å². The average Bonchev–Trinajstić information content (AvgIpc) is 1.94. The molecule has 0 aromatic heterocycles. The van der Waals surface area contributed by atoms with Crippen LogP contribution >= 0.6 is 0 Å². The van der Waals surface area contributed by atoms with Crippen molar-refractivity contribution < 1.29 is 17.8 Å². The predicted molar refractivity (Wildman–Crippen MR) is 34.9 cm³/mol. The van der Waals surface area contributed by atoms with E-state index in [1.54, 1.807) is 0 Å². The van der Waals surface area contributed by atoms with Gasteiger partial charge in [0.2, 0.25) is 0 Å². The number of esters is 1. The fourth-order valence-corrected chi connectivity index (χ4v) is 0.223. The summed E-state index contributed by atoms with van der Waals surface area (Å²) in [5.74, 6) is -1.05. The number of hydrogen-bond acceptors (Lipinski definition) is 3. The fraction of sp³-hybridized carbons (Fsp3) is 0.833. The van der Waals surface area contributed by atoms with Crippen LogP contribution in [0.2, 0.25) is 0 Å². The van der Waals surface area contributed by atoms with E-state index in [0.29, 0.717) is 0 Å². The minimum Gasteiger partial charge on any atom is -0.462 e. The smallest absolute Gasteiger partial charge is 0.322 e. The van der Waals surface area contributed by atoms with Crippen LogP contribution in [0.1, 0.15) is 28.9 Å². The van der Waals surface area contributed by atoms with Gasteiger partial charge in [0.05, 0.1) is 6.10 Å². The molecule has 0 aliphatic heterocycles. The van der Waals surface area contributed by atoms with Gasteiger partial charge in [-0.15, -0.1) is 0 Å². The molecule has 0 aliphatic carbocycles. The van der Waals surface area contributed by atoms with E-state index in [2.05, 4.69) is 4.74 Å². The Balaban J connectivity index is 4.77. The Labute approximate surface area is 63.6 Å². The lowest BCUT2D eigenvalue weighted by Crippen LogP contribution is -2.30. The summed E-state index contributed by atoms with van der Waals surface area (Å²) in [6, 6.07) is -1.06. The quantitative estimate of drug-likeness (QED) is 0.556. The van der Waals surface area contributed by atoms with Crippen molar-refractivity contribution in [2.24, 2.45) is 5.73 Å². The molecule has 0 radical (unpaired) electrons. The van der Waals surface area contributed by atoms with E-state index in [4.69, 9.17) is 14.0 Å². The second kappa shape index (κ2) is 3.45. The topological polar surface area (TPSA) is 52.3 Å². The third-order valence-electron chi connectivity index (χ3n) is 0.606. The van der Waals surface area contributed by atoms with Crippen LogP contribution in [0.25, 0.3) is 0 Å². The Morgan fingerprint density at radius 1 is 1.78 bits per heavy atom. The summed E-state index contributed by atoms with van der Waals surface area (Å²) >= 11 is 0. The molecule has 0 aromatic rings. The Morgan fingerprint density at radius 2 is 2.33 bits per heavy atom. The van der Waals surface area contributed by atoms with Gasteiger partial charge in [-0.1, -0.05) is 0 Å². The lowest BCUT2D eigenvalue weighted by Gasteiger charge is -2.08. The van der Waals surface area contributed by atoms with E-state index in [1.165, 1.54) is 6.92 Å². The van der Waals surface area contributed by atoms with Crippen LogP contribution in [0.5, 0.6) is 0 Å².